The number of halogens is 4. The first-order chi connectivity index (χ1) is 12.1. The zero-order chi connectivity index (χ0) is 19.5. The summed E-state index contributed by atoms with van der Waals surface area (Å²) in [5.74, 6) is -2.04. The number of likely N-dealkylation sites (tertiary alicyclic amines) is 1. The number of nitrogens with one attached hydrogen (secondary N) is 1. The number of amides is 2. The van der Waals surface area contributed by atoms with Gasteiger partial charge < -0.3 is 24.8 Å². The molecule has 0 bridgehead atoms. The van der Waals surface area contributed by atoms with Crippen LogP contribution >= 0.6 is 0 Å². The summed E-state index contributed by atoms with van der Waals surface area (Å²) in [6, 6.07) is 2.18. The number of hydrogen-bond acceptors (Lipinski definition) is 4. The second kappa shape index (κ2) is 7.67. The Kier molecular flexibility index (Phi) is 5.78. The van der Waals surface area contributed by atoms with Crippen molar-refractivity contribution in [2.45, 2.75) is 26.6 Å². The van der Waals surface area contributed by atoms with Crippen LogP contribution in [0.5, 0.6) is 11.5 Å². The average molecular weight is 380 g/mol. The maximum atomic E-state index is 12.5. The topological polar surface area (TPSA) is 88.1 Å². The van der Waals surface area contributed by atoms with Crippen molar-refractivity contribution in [3.05, 3.63) is 18.2 Å². The largest absolute Gasteiger partial charge is 0.481 e. The Bertz CT molecular complexity index is 688. The number of carboxylic acid groups (broad SMARTS) is 1. The molecule has 144 valence electrons. The minimum Gasteiger partial charge on any atom is -0.481 e. The molecule has 1 aromatic rings. The second-order valence-electron chi connectivity index (χ2n) is 5.88. The molecule has 7 nitrogen and oxygen atoms in total. The Morgan fingerprint density at radius 3 is 2.42 bits per heavy atom. The van der Waals surface area contributed by atoms with Crippen molar-refractivity contribution in [3.8, 4) is 11.5 Å². The van der Waals surface area contributed by atoms with Crippen LogP contribution in [0.3, 0.4) is 0 Å². The molecule has 0 aliphatic carbocycles. The van der Waals surface area contributed by atoms with Crippen molar-refractivity contribution in [1.29, 1.82) is 0 Å². The van der Waals surface area contributed by atoms with Crippen molar-refractivity contribution in [1.82, 2.24) is 4.90 Å². The van der Waals surface area contributed by atoms with E-state index in [2.05, 4.69) is 14.8 Å². The molecule has 2 amide bonds. The fourth-order valence-corrected chi connectivity index (χ4v) is 2.48. The molecule has 1 aromatic carbocycles. The highest BCUT2D eigenvalue weighted by molar-refractivity contribution is 5.92. The molecule has 1 fully saturated rings. The monoisotopic (exact) mass is 380 g/mol. The molecule has 0 radical (unpaired) electrons. The van der Waals surface area contributed by atoms with Gasteiger partial charge in [-0.1, -0.05) is 0 Å². The molecular formula is C15H16F4N2O5. The lowest BCUT2D eigenvalue weighted by atomic mass is 9.90. The van der Waals surface area contributed by atoms with Crippen LogP contribution in [0.15, 0.2) is 18.2 Å². The predicted molar refractivity (Wildman–Crippen MR) is 80.7 cm³/mol. The minimum atomic E-state index is -3.26. The number of rotatable bonds is 6. The van der Waals surface area contributed by atoms with Gasteiger partial charge in [-0.15, -0.1) is 0 Å². The highest BCUT2D eigenvalue weighted by Crippen LogP contribution is 2.34. The lowest BCUT2D eigenvalue weighted by Crippen LogP contribution is -2.37. The number of urea groups is 1. The molecule has 11 heteroatoms. The average Bonchev–Trinajstić information content (AvgIpc) is 2.93. The van der Waals surface area contributed by atoms with E-state index in [-0.39, 0.29) is 25.2 Å². The van der Waals surface area contributed by atoms with Crippen LogP contribution in [0, 0.1) is 5.41 Å². The van der Waals surface area contributed by atoms with Gasteiger partial charge in [0.1, 0.15) is 5.75 Å². The van der Waals surface area contributed by atoms with Gasteiger partial charge in [-0.3, -0.25) is 4.79 Å². The van der Waals surface area contributed by atoms with Crippen LogP contribution in [0.2, 0.25) is 0 Å². The van der Waals surface area contributed by atoms with Gasteiger partial charge in [0.05, 0.1) is 11.1 Å². The summed E-state index contributed by atoms with van der Waals surface area (Å²) >= 11 is 0. The first kappa shape index (κ1) is 19.6. The van der Waals surface area contributed by atoms with Gasteiger partial charge in [-0.2, -0.15) is 17.6 Å². The Morgan fingerprint density at radius 2 is 1.88 bits per heavy atom. The molecule has 1 aliphatic rings. The summed E-state index contributed by atoms with van der Waals surface area (Å²) < 4.78 is 57.8. The molecular weight excluding hydrogens is 364 g/mol. The maximum absolute atomic E-state index is 12.5. The van der Waals surface area contributed by atoms with E-state index in [0.29, 0.717) is 0 Å². The van der Waals surface area contributed by atoms with E-state index < -0.39 is 42.1 Å². The van der Waals surface area contributed by atoms with Gasteiger partial charge in [0.2, 0.25) is 0 Å². The molecule has 2 rings (SSSR count). The number of hydrogen-bond donors (Lipinski definition) is 2. The van der Waals surface area contributed by atoms with E-state index in [1.54, 1.807) is 0 Å². The minimum absolute atomic E-state index is 0.0637. The van der Waals surface area contributed by atoms with Crippen LogP contribution in [0.25, 0.3) is 0 Å². The highest BCUT2D eigenvalue weighted by Gasteiger charge is 2.42. The van der Waals surface area contributed by atoms with Gasteiger partial charge in [0, 0.05) is 19.2 Å². The quantitative estimate of drug-likeness (QED) is 0.740. The van der Waals surface area contributed by atoms with Crippen LogP contribution in [0.1, 0.15) is 13.3 Å². The van der Waals surface area contributed by atoms with Crippen LogP contribution < -0.4 is 14.8 Å². The summed E-state index contributed by atoms with van der Waals surface area (Å²) in [7, 11) is 0. The number of alkyl halides is 4. The Balaban J connectivity index is 2.14. The molecule has 26 heavy (non-hydrogen) atoms. The number of benzene rings is 1. The van der Waals surface area contributed by atoms with E-state index in [4.69, 9.17) is 0 Å². The first-order valence-corrected chi connectivity index (χ1v) is 7.44. The van der Waals surface area contributed by atoms with E-state index in [0.717, 1.165) is 18.2 Å². The Hall–Kier alpha value is -2.72. The Morgan fingerprint density at radius 1 is 1.23 bits per heavy atom. The summed E-state index contributed by atoms with van der Waals surface area (Å²) in [6.07, 6.45) is 0.233. The third kappa shape index (κ3) is 4.67. The first-order valence-electron chi connectivity index (χ1n) is 7.44. The van der Waals surface area contributed by atoms with Gasteiger partial charge in [0.25, 0.3) is 0 Å². The van der Waals surface area contributed by atoms with Gasteiger partial charge in [-0.05, 0) is 25.5 Å². The van der Waals surface area contributed by atoms with Crippen molar-refractivity contribution in [2.24, 2.45) is 5.41 Å². The molecule has 1 heterocycles. The smallest absolute Gasteiger partial charge is 0.387 e. The van der Waals surface area contributed by atoms with E-state index in [1.807, 2.05) is 0 Å². The van der Waals surface area contributed by atoms with Gasteiger partial charge in [-0.25, -0.2) is 4.79 Å². The van der Waals surface area contributed by atoms with Crippen LogP contribution in [-0.2, 0) is 4.79 Å². The highest BCUT2D eigenvalue weighted by atomic mass is 19.3. The normalized spacial score (nSPS) is 19.7. The fraction of sp³-hybridized carbons (Fsp3) is 0.467. The molecule has 0 aromatic heterocycles. The Labute approximate surface area is 145 Å². The fourth-order valence-electron chi connectivity index (χ4n) is 2.48. The van der Waals surface area contributed by atoms with E-state index >= 15 is 0 Å². The van der Waals surface area contributed by atoms with Crippen molar-refractivity contribution in [3.63, 3.8) is 0 Å². The number of carbonyl (C=O) groups is 2. The summed E-state index contributed by atoms with van der Waals surface area (Å²) in [5, 5.41) is 11.5. The molecule has 1 aliphatic heterocycles. The van der Waals surface area contributed by atoms with E-state index in [1.165, 1.54) is 11.8 Å². The zero-order valence-corrected chi connectivity index (χ0v) is 13.5. The number of carboxylic acids is 1. The van der Waals surface area contributed by atoms with Gasteiger partial charge >= 0.3 is 25.2 Å². The third-order valence-corrected chi connectivity index (χ3v) is 3.91. The molecule has 1 atom stereocenters. The summed E-state index contributed by atoms with van der Waals surface area (Å²) in [5.41, 5.74) is -1.30. The SMILES string of the molecule is CC1(C(=O)O)CCN(C(=O)Nc2ccc(OC(F)F)cc2OC(F)F)C1. The third-order valence-electron chi connectivity index (χ3n) is 3.91. The number of nitrogens with zero attached hydrogens (tertiary/aromatic N) is 1. The molecule has 2 N–H and O–H groups in total. The van der Waals surface area contributed by atoms with Crippen LogP contribution in [0.4, 0.5) is 28.0 Å². The number of anilines is 1. The second-order valence-corrected chi connectivity index (χ2v) is 5.88. The maximum Gasteiger partial charge on any atom is 0.387 e. The lowest BCUT2D eigenvalue weighted by Gasteiger charge is -2.21. The van der Waals surface area contributed by atoms with E-state index in [9.17, 15) is 32.3 Å². The number of aliphatic carboxylic acids is 1. The van der Waals surface area contributed by atoms with Crippen molar-refractivity contribution in [2.75, 3.05) is 18.4 Å². The van der Waals surface area contributed by atoms with Crippen molar-refractivity contribution < 1.29 is 41.7 Å². The molecule has 1 saturated heterocycles. The van der Waals surface area contributed by atoms with Gasteiger partial charge in [0.15, 0.2) is 5.75 Å². The lowest BCUT2D eigenvalue weighted by molar-refractivity contribution is -0.147. The molecule has 0 saturated carbocycles. The molecule has 1 unspecified atom stereocenters. The molecule has 0 spiro atoms. The summed E-state index contributed by atoms with van der Waals surface area (Å²) in [4.78, 5) is 24.7. The predicted octanol–water partition coefficient (Wildman–Crippen LogP) is 3.22. The summed E-state index contributed by atoms with van der Waals surface area (Å²) in [6.45, 7) is -4.83. The standard InChI is InChI=1S/C15H16F4N2O5/c1-15(11(22)23)4-5-21(7-15)14(24)20-9-3-2-8(25-12(16)17)6-10(9)26-13(18)19/h2-3,6,12-13H,4-5,7H2,1H3,(H,20,24)(H,22,23). The van der Waals surface area contributed by atoms with Crippen molar-refractivity contribution >= 4 is 17.7 Å². The zero-order valence-electron chi connectivity index (χ0n) is 13.5. The van der Waals surface area contributed by atoms with Crippen LogP contribution in [-0.4, -0.2) is 48.3 Å². The number of carbonyl (C=O) groups excluding carboxylic acids is 1. The number of ether oxygens (including phenoxy) is 2.